The Balaban J connectivity index is 1.88. The number of fused-ring (bicyclic) bond motifs is 1. The molecule has 0 fully saturated rings. The highest BCUT2D eigenvalue weighted by molar-refractivity contribution is 5.91. The first-order chi connectivity index (χ1) is 10.3. The van der Waals surface area contributed by atoms with E-state index in [1.54, 1.807) is 39.0 Å². The van der Waals surface area contributed by atoms with Crippen LogP contribution in [-0.2, 0) is 25.7 Å². The third-order valence-corrected chi connectivity index (χ3v) is 2.75. The lowest BCUT2D eigenvalue weighted by Crippen LogP contribution is -2.25. The van der Waals surface area contributed by atoms with E-state index in [1.165, 1.54) is 0 Å². The van der Waals surface area contributed by atoms with Gasteiger partial charge in [-0.1, -0.05) is 12.1 Å². The van der Waals surface area contributed by atoms with Crippen molar-refractivity contribution >= 4 is 11.9 Å². The number of hydrogen-bond donors (Lipinski definition) is 0. The van der Waals surface area contributed by atoms with Crippen LogP contribution in [0, 0.1) is 0 Å². The zero-order valence-electron chi connectivity index (χ0n) is 13.0. The molecule has 1 aliphatic rings. The van der Waals surface area contributed by atoms with Crippen molar-refractivity contribution in [3.05, 3.63) is 23.8 Å². The zero-order valence-corrected chi connectivity index (χ0v) is 13.0. The van der Waals surface area contributed by atoms with Crippen LogP contribution in [0.25, 0.3) is 0 Å². The van der Waals surface area contributed by atoms with Crippen molar-refractivity contribution in [2.45, 2.75) is 39.4 Å². The number of para-hydroxylation sites is 1. The molecule has 2 rings (SSSR count). The molecule has 0 bridgehead atoms. The van der Waals surface area contributed by atoms with Gasteiger partial charge in [0, 0.05) is 5.56 Å². The van der Waals surface area contributed by atoms with Gasteiger partial charge in [0.15, 0.2) is 11.5 Å². The van der Waals surface area contributed by atoms with E-state index in [0.29, 0.717) is 30.3 Å². The van der Waals surface area contributed by atoms with E-state index < -0.39 is 24.0 Å². The largest absolute Gasteiger partial charge is 0.486 e. The van der Waals surface area contributed by atoms with E-state index in [4.69, 9.17) is 18.9 Å². The van der Waals surface area contributed by atoms with Crippen molar-refractivity contribution in [2.75, 3.05) is 13.2 Å². The van der Waals surface area contributed by atoms with Gasteiger partial charge < -0.3 is 18.9 Å². The van der Waals surface area contributed by atoms with E-state index in [-0.39, 0.29) is 6.61 Å². The highest BCUT2D eigenvalue weighted by Crippen LogP contribution is 2.33. The molecular weight excluding hydrogens is 288 g/mol. The van der Waals surface area contributed by atoms with Gasteiger partial charge in [-0.2, -0.15) is 0 Å². The molecule has 22 heavy (non-hydrogen) atoms. The van der Waals surface area contributed by atoms with Gasteiger partial charge >= 0.3 is 11.9 Å². The molecule has 6 nitrogen and oxygen atoms in total. The lowest BCUT2D eigenvalue weighted by atomic mass is 10.2. The summed E-state index contributed by atoms with van der Waals surface area (Å²) >= 11 is 0. The summed E-state index contributed by atoms with van der Waals surface area (Å²) in [5, 5.41) is 0. The predicted octanol–water partition coefficient (Wildman–Crippen LogP) is 2.23. The van der Waals surface area contributed by atoms with Crippen LogP contribution in [0.5, 0.6) is 11.5 Å². The first-order valence-electron chi connectivity index (χ1n) is 7.10. The zero-order chi connectivity index (χ0) is 16.2. The smallest absolute Gasteiger partial charge is 0.317 e. The molecular formula is C16H20O6. The summed E-state index contributed by atoms with van der Waals surface area (Å²) in [6.45, 7) is 6.19. The highest BCUT2D eigenvalue weighted by atomic mass is 16.6. The summed E-state index contributed by atoms with van der Waals surface area (Å²) in [7, 11) is 0. The molecule has 1 aromatic carbocycles. The Morgan fingerprint density at radius 3 is 2.59 bits per heavy atom. The molecule has 0 aliphatic carbocycles. The van der Waals surface area contributed by atoms with Crippen molar-refractivity contribution in [3.8, 4) is 11.5 Å². The second kappa shape index (κ2) is 6.68. The van der Waals surface area contributed by atoms with Crippen LogP contribution in [0.2, 0.25) is 0 Å². The monoisotopic (exact) mass is 308 g/mol. The minimum atomic E-state index is -0.636. The lowest BCUT2D eigenvalue weighted by Gasteiger charge is -2.21. The van der Waals surface area contributed by atoms with Crippen molar-refractivity contribution in [1.29, 1.82) is 0 Å². The average Bonchev–Trinajstić information content (AvgIpc) is 2.43. The molecule has 1 aromatic rings. The minimum Gasteiger partial charge on any atom is -0.486 e. The fraction of sp³-hybridized carbons (Fsp3) is 0.500. The molecule has 0 unspecified atom stereocenters. The van der Waals surface area contributed by atoms with Gasteiger partial charge in [0.25, 0.3) is 0 Å². The third-order valence-electron chi connectivity index (χ3n) is 2.75. The van der Waals surface area contributed by atoms with Crippen LogP contribution < -0.4 is 9.47 Å². The normalized spacial score (nSPS) is 13.4. The van der Waals surface area contributed by atoms with Gasteiger partial charge in [0.2, 0.25) is 0 Å². The van der Waals surface area contributed by atoms with Crippen LogP contribution in [0.15, 0.2) is 18.2 Å². The maximum absolute atomic E-state index is 11.7. The number of carbonyl (C=O) groups excluding carboxylic acids is 2. The second-order valence-corrected chi connectivity index (χ2v) is 5.87. The molecule has 1 heterocycles. The Bertz CT molecular complexity index is 558. The van der Waals surface area contributed by atoms with Gasteiger partial charge in [-0.15, -0.1) is 0 Å². The SMILES string of the molecule is CC(C)(C)OC(=O)CC(=O)OCc1cccc2c1OCCO2. The molecule has 0 N–H and O–H groups in total. The van der Waals surface area contributed by atoms with Crippen molar-refractivity contribution in [2.24, 2.45) is 0 Å². The van der Waals surface area contributed by atoms with E-state index >= 15 is 0 Å². The molecule has 6 heteroatoms. The van der Waals surface area contributed by atoms with Crippen LogP contribution in [0.4, 0.5) is 0 Å². The summed E-state index contributed by atoms with van der Waals surface area (Å²) in [6, 6.07) is 5.37. The van der Waals surface area contributed by atoms with Gasteiger partial charge in [-0.3, -0.25) is 9.59 Å². The standard InChI is InChI=1S/C16H20O6/c1-16(2,3)22-14(18)9-13(17)21-10-11-5-4-6-12-15(11)20-8-7-19-12/h4-6H,7-10H2,1-3H3. The molecule has 0 aromatic heterocycles. The van der Waals surface area contributed by atoms with Crippen molar-refractivity contribution in [1.82, 2.24) is 0 Å². The quantitative estimate of drug-likeness (QED) is 0.627. The fourth-order valence-corrected chi connectivity index (χ4v) is 1.95. The molecule has 1 aliphatic heterocycles. The summed E-state index contributed by atoms with van der Waals surface area (Å²) in [5.74, 6) is -0.0264. The van der Waals surface area contributed by atoms with E-state index in [2.05, 4.69) is 0 Å². The Hall–Kier alpha value is -2.24. The number of rotatable bonds is 4. The average molecular weight is 308 g/mol. The topological polar surface area (TPSA) is 71.1 Å². The van der Waals surface area contributed by atoms with Gasteiger partial charge in [0.1, 0.15) is 31.8 Å². The van der Waals surface area contributed by atoms with Crippen LogP contribution >= 0.6 is 0 Å². The molecule has 0 atom stereocenters. The summed E-state index contributed by atoms with van der Waals surface area (Å²) in [6.07, 6.45) is -0.413. The summed E-state index contributed by atoms with van der Waals surface area (Å²) < 4.78 is 21.1. The number of hydrogen-bond acceptors (Lipinski definition) is 6. The predicted molar refractivity (Wildman–Crippen MR) is 77.7 cm³/mol. The first-order valence-corrected chi connectivity index (χ1v) is 7.10. The van der Waals surface area contributed by atoms with Crippen molar-refractivity contribution < 1.29 is 28.5 Å². The van der Waals surface area contributed by atoms with Crippen molar-refractivity contribution in [3.63, 3.8) is 0 Å². The van der Waals surface area contributed by atoms with Gasteiger partial charge in [-0.05, 0) is 26.8 Å². The molecule has 120 valence electrons. The molecule has 0 saturated carbocycles. The number of benzene rings is 1. The van der Waals surface area contributed by atoms with E-state index in [0.717, 1.165) is 0 Å². The Morgan fingerprint density at radius 2 is 1.86 bits per heavy atom. The Morgan fingerprint density at radius 1 is 1.14 bits per heavy atom. The van der Waals surface area contributed by atoms with Crippen LogP contribution in [0.3, 0.4) is 0 Å². The molecule has 0 amide bonds. The second-order valence-electron chi connectivity index (χ2n) is 5.87. The van der Waals surface area contributed by atoms with E-state index in [9.17, 15) is 9.59 Å². The molecule has 0 spiro atoms. The maximum Gasteiger partial charge on any atom is 0.317 e. The first kappa shape index (κ1) is 16.1. The van der Waals surface area contributed by atoms with Gasteiger partial charge in [-0.25, -0.2) is 0 Å². The third kappa shape index (κ3) is 4.65. The maximum atomic E-state index is 11.7. The highest BCUT2D eigenvalue weighted by Gasteiger charge is 2.21. The summed E-state index contributed by atoms with van der Waals surface area (Å²) in [4.78, 5) is 23.2. The fourth-order valence-electron chi connectivity index (χ4n) is 1.95. The minimum absolute atomic E-state index is 0.0220. The number of esters is 2. The molecule has 0 radical (unpaired) electrons. The Labute approximate surface area is 129 Å². The Kier molecular flexibility index (Phi) is 4.90. The van der Waals surface area contributed by atoms with Crippen LogP contribution in [-0.4, -0.2) is 30.8 Å². The molecule has 0 saturated heterocycles. The van der Waals surface area contributed by atoms with E-state index in [1.807, 2.05) is 0 Å². The lowest BCUT2D eigenvalue weighted by molar-refractivity contribution is -0.162. The number of carbonyl (C=O) groups is 2. The summed E-state index contributed by atoms with van der Waals surface area (Å²) in [5.41, 5.74) is 0.0795. The van der Waals surface area contributed by atoms with Gasteiger partial charge in [0.05, 0.1) is 0 Å². The number of ether oxygens (including phenoxy) is 4. The van der Waals surface area contributed by atoms with Crippen LogP contribution in [0.1, 0.15) is 32.8 Å².